The van der Waals surface area contributed by atoms with Crippen LogP contribution in [0.5, 0.6) is 0 Å². The molecule has 4 nitrogen and oxygen atoms in total. The molecular weight excluding hydrogens is 657 g/mol. The van der Waals surface area contributed by atoms with Gasteiger partial charge in [0.25, 0.3) is 0 Å². The van der Waals surface area contributed by atoms with E-state index in [0.29, 0.717) is 0 Å². The van der Waals surface area contributed by atoms with Crippen molar-refractivity contribution < 1.29 is 0 Å². The van der Waals surface area contributed by atoms with Gasteiger partial charge in [-0.05, 0) is 100 Å². The van der Waals surface area contributed by atoms with Crippen LogP contribution in [0.4, 0.5) is 0 Å². The Morgan fingerprint density at radius 2 is 1.11 bits per heavy atom. The van der Waals surface area contributed by atoms with Crippen LogP contribution in [0.2, 0.25) is 0 Å². The summed E-state index contributed by atoms with van der Waals surface area (Å²) in [7, 11) is 0. The molecule has 0 saturated carbocycles. The van der Waals surface area contributed by atoms with Crippen LogP contribution in [-0.4, -0.2) is 19.3 Å². The van der Waals surface area contributed by atoms with E-state index in [9.17, 15) is 0 Å². The van der Waals surface area contributed by atoms with Gasteiger partial charge in [-0.1, -0.05) is 133 Å². The first kappa shape index (κ1) is 30.6. The van der Waals surface area contributed by atoms with E-state index in [0.717, 1.165) is 39.7 Å². The molecule has 0 saturated heterocycles. The monoisotopic (exact) mass is 690 g/mol. The fraction of sp³-hybridized carbons (Fsp3) is 0.0400. The van der Waals surface area contributed by atoms with Gasteiger partial charge in [0.15, 0.2) is 11.6 Å². The molecule has 3 heterocycles. The molecule has 1 aliphatic heterocycles. The van der Waals surface area contributed by atoms with Crippen molar-refractivity contribution in [3.63, 3.8) is 0 Å². The Balaban J connectivity index is 1.17. The Hall–Kier alpha value is -7.04. The van der Waals surface area contributed by atoms with Crippen molar-refractivity contribution in [1.82, 2.24) is 19.3 Å². The topological polar surface area (TPSA) is 35.6 Å². The van der Waals surface area contributed by atoms with Crippen molar-refractivity contribution in [3.05, 3.63) is 210 Å². The summed E-state index contributed by atoms with van der Waals surface area (Å²) in [5, 5.41) is 12.4. The third-order valence-electron chi connectivity index (χ3n) is 11.4. The summed E-state index contributed by atoms with van der Waals surface area (Å²) >= 11 is 0. The van der Waals surface area contributed by atoms with Gasteiger partial charge in [-0.15, -0.1) is 10.2 Å². The molecule has 0 radical (unpaired) electrons. The average Bonchev–Trinajstić information content (AvgIpc) is 3.91. The van der Waals surface area contributed by atoms with Crippen LogP contribution in [0.25, 0.3) is 72.7 Å². The van der Waals surface area contributed by atoms with Crippen molar-refractivity contribution in [2.45, 2.75) is 12.3 Å². The number of nitrogens with zero attached hydrogens (tertiary/aromatic N) is 4. The molecule has 11 rings (SSSR count). The number of para-hydroxylation sites is 2. The minimum absolute atomic E-state index is 0.559. The summed E-state index contributed by atoms with van der Waals surface area (Å²) in [5.41, 5.74) is 14.6. The molecule has 54 heavy (non-hydrogen) atoms. The lowest BCUT2D eigenvalue weighted by molar-refractivity contribution is 0.824. The Labute approximate surface area is 313 Å². The quantitative estimate of drug-likeness (QED) is 0.184. The second-order valence-electron chi connectivity index (χ2n) is 14.2. The van der Waals surface area contributed by atoms with Crippen LogP contribution < -0.4 is 0 Å². The van der Waals surface area contributed by atoms with Gasteiger partial charge >= 0.3 is 0 Å². The second kappa shape index (κ2) is 11.7. The largest absolute Gasteiger partial charge is 0.309 e. The van der Waals surface area contributed by atoms with E-state index in [1.54, 1.807) is 0 Å². The fourth-order valence-electron chi connectivity index (χ4n) is 9.17. The standard InChI is InChI=1S/C50H34N4/c1-2-3-21-43-34-14-13-15-35(31-34)49-52-51-48(33-25-27-37(28-26-33)53-46-23-11-8-19-41(46)42-20-9-12-24-47(42)53)54(49)38-29-30-40-39-18-7-10-22-44(39)50(43,45(40)32-38)36-16-5-4-6-17-36/h2-32H,1H3/b3-2-,43-21+. The van der Waals surface area contributed by atoms with E-state index in [1.165, 1.54) is 55.2 Å². The average molecular weight is 691 g/mol. The zero-order valence-corrected chi connectivity index (χ0v) is 29.7. The Bertz CT molecular complexity index is 2940. The molecule has 0 spiro atoms. The number of benzene rings is 7. The number of hydrogen-bond acceptors (Lipinski definition) is 2. The van der Waals surface area contributed by atoms with E-state index in [1.807, 2.05) is 0 Å². The van der Waals surface area contributed by atoms with Crippen LogP contribution in [0, 0.1) is 0 Å². The van der Waals surface area contributed by atoms with Crippen molar-refractivity contribution in [2.24, 2.45) is 0 Å². The van der Waals surface area contributed by atoms with Crippen molar-refractivity contribution >= 4 is 27.4 Å². The van der Waals surface area contributed by atoms with Crippen LogP contribution >= 0.6 is 0 Å². The molecule has 9 aromatic rings. The van der Waals surface area contributed by atoms with Gasteiger partial charge in [-0.3, -0.25) is 4.57 Å². The van der Waals surface area contributed by atoms with E-state index in [2.05, 4.69) is 204 Å². The number of rotatable bonds is 4. The maximum atomic E-state index is 4.93. The van der Waals surface area contributed by atoms with Gasteiger partial charge in [0.2, 0.25) is 0 Å². The van der Waals surface area contributed by atoms with Gasteiger partial charge in [0.05, 0.1) is 16.4 Å². The molecule has 2 aromatic heterocycles. The zero-order chi connectivity index (χ0) is 35.8. The van der Waals surface area contributed by atoms with E-state index < -0.39 is 5.41 Å². The summed E-state index contributed by atoms with van der Waals surface area (Å²) in [5.74, 6) is 1.61. The molecule has 254 valence electrons. The van der Waals surface area contributed by atoms with Crippen LogP contribution in [-0.2, 0) is 5.41 Å². The first-order chi connectivity index (χ1) is 26.8. The molecular formula is C50H34N4. The Morgan fingerprint density at radius 1 is 0.481 bits per heavy atom. The molecule has 7 aromatic carbocycles. The maximum absolute atomic E-state index is 4.93. The smallest absolute Gasteiger partial charge is 0.168 e. The highest BCUT2D eigenvalue weighted by molar-refractivity contribution is 6.09. The van der Waals surface area contributed by atoms with Gasteiger partial charge in [0.1, 0.15) is 0 Å². The van der Waals surface area contributed by atoms with Crippen LogP contribution in [0.3, 0.4) is 0 Å². The zero-order valence-electron chi connectivity index (χ0n) is 29.7. The Morgan fingerprint density at radius 3 is 1.87 bits per heavy atom. The maximum Gasteiger partial charge on any atom is 0.168 e. The molecule has 4 bridgehead atoms. The highest BCUT2D eigenvalue weighted by Crippen LogP contribution is 2.59. The molecule has 0 N–H and O–H groups in total. The fourth-order valence-corrected chi connectivity index (χ4v) is 9.17. The lowest BCUT2D eigenvalue weighted by atomic mass is 9.65. The minimum Gasteiger partial charge on any atom is -0.309 e. The molecule has 1 unspecified atom stereocenters. The number of allylic oxidation sites excluding steroid dienone is 4. The van der Waals surface area contributed by atoms with Gasteiger partial charge < -0.3 is 4.57 Å². The molecule has 2 aliphatic rings. The summed E-state index contributed by atoms with van der Waals surface area (Å²) in [6.07, 6.45) is 6.59. The molecule has 4 heteroatoms. The Kier molecular flexibility index (Phi) is 6.65. The predicted octanol–water partition coefficient (Wildman–Crippen LogP) is 12.0. The lowest BCUT2D eigenvalue weighted by Gasteiger charge is -2.37. The highest BCUT2D eigenvalue weighted by Gasteiger charge is 2.48. The SMILES string of the molecule is C/C=C\C=C1/c2cccc(c2)-c2nnc(-c3ccc(-n4c5ccccc5c5ccccc54)cc3)n2-c2ccc3c(c2)C1(c1ccccc1)c1ccccc1-3. The highest BCUT2D eigenvalue weighted by atomic mass is 15.3. The van der Waals surface area contributed by atoms with E-state index >= 15 is 0 Å². The minimum atomic E-state index is -0.559. The molecule has 0 amide bonds. The predicted molar refractivity (Wildman–Crippen MR) is 221 cm³/mol. The summed E-state index contributed by atoms with van der Waals surface area (Å²) in [4.78, 5) is 0. The number of fused-ring (bicyclic) bond motifs is 12. The molecule has 0 fully saturated rings. The molecule has 1 atom stereocenters. The summed E-state index contributed by atoms with van der Waals surface area (Å²) in [6.45, 7) is 2.08. The normalized spacial score (nSPS) is 16.3. The second-order valence-corrected chi connectivity index (χ2v) is 14.2. The van der Waals surface area contributed by atoms with E-state index in [4.69, 9.17) is 10.2 Å². The van der Waals surface area contributed by atoms with Crippen molar-refractivity contribution in [3.8, 4) is 45.3 Å². The third-order valence-corrected chi connectivity index (χ3v) is 11.4. The van der Waals surface area contributed by atoms with Crippen LogP contribution in [0.15, 0.2) is 188 Å². The lowest BCUT2D eigenvalue weighted by Crippen LogP contribution is -2.29. The third kappa shape index (κ3) is 4.19. The first-order valence-corrected chi connectivity index (χ1v) is 18.5. The van der Waals surface area contributed by atoms with Gasteiger partial charge in [-0.2, -0.15) is 0 Å². The van der Waals surface area contributed by atoms with Gasteiger partial charge in [-0.25, -0.2) is 0 Å². The van der Waals surface area contributed by atoms with Crippen molar-refractivity contribution in [2.75, 3.05) is 0 Å². The summed E-state index contributed by atoms with van der Waals surface area (Å²) in [6, 6.07) is 61.7. The summed E-state index contributed by atoms with van der Waals surface area (Å²) < 4.78 is 4.59. The van der Waals surface area contributed by atoms with E-state index in [-0.39, 0.29) is 0 Å². The van der Waals surface area contributed by atoms with Gasteiger partial charge in [0, 0.05) is 33.3 Å². The number of hydrogen-bond donors (Lipinski definition) is 0. The number of aromatic nitrogens is 4. The first-order valence-electron chi connectivity index (χ1n) is 18.5. The van der Waals surface area contributed by atoms with Crippen molar-refractivity contribution in [1.29, 1.82) is 0 Å². The van der Waals surface area contributed by atoms with Crippen LogP contribution in [0.1, 0.15) is 29.2 Å². The molecule has 1 aliphatic carbocycles.